The molecule has 9 heteroatoms. The summed E-state index contributed by atoms with van der Waals surface area (Å²) in [6.07, 6.45) is 5.22. The van der Waals surface area contributed by atoms with Gasteiger partial charge >= 0.3 is 5.97 Å². The van der Waals surface area contributed by atoms with Crippen LogP contribution in [0.2, 0.25) is 0 Å². The molecule has 0 saturated heterocycles. The van der Waals surface area contributed by atoms with Crippen molar-refractivity contribution in [3.8, 4) is 11.5 Å². The van der Waals surface area contributed by atoms with Gasteiger partial charge in [-0.1, -0.05) is 47.7 Å². The van der Waals surface area contributed by atoms with Crippen LogP contribution < -0.4 is 24.4 Å². The molecule has 1 aliphatic heterocycles. The molecule has 8 nitrogen and oxygen atoms in total. The van der Waals surface area contributed by atoms with Gasteiger partial charge in [0.2, 0.25) is 0 Å². The van der Waals surface area contributed by atoms with E-state index >= 15 is 0 Å². The third kappa shape index (κ3) is 4.88. The molecule has 0 fully saturated rings. The Morgan fingerprint density at radius 2 is 1.82 bits per heavy atom. The molecule has 192 valence electrons. The van der Waals surface area contributed by atoms with E-state index in [2.05, 4.69) is 9.98 Å². The van der Waals surface area contributed by atoms with Gasteiger partial charge in [0.1, 0.15) is 6.61 Å². The fourth-order valence-corrected chi connectivity index (χ4v) is 5.37. The highest BCUT2D eigenvalue weighted by Gasteiger charge is 2.32. The van der Waals surface area contributed by atoms with Gasteiger partial charge in [0.15, 0.2) is 16.3 Å². The van der Waals surface area contributed by atoms with E-state index in [1.807, 2.05) is 60.7 Å². The molecule has 5 rings (SSSR count). The molecule has 0 bridgehead atoms. The zero-order valence-corrected chi connectivity index (χ0v) is 21.9. The van der Waals surface area contributed by atoms with E-state index in [0.29, 0.717) is 38.7 Å². The zero-order chi connectivity index (χ0) is 26.6. The minimum absolute atomic E-state index is 0.242. The van der Waals surface area contributed by atoms with Crippen LogP contribution in [0.15, 0.2) is 94.1 Å². The normalized spacial score (nSPS) is 15.0. The first-order valence-electron chi connectivity index (χ1n) is 11.9. The second-order valence-corrected chi connectivity index (χ2v) is 9.55. The molecule has 1 atom stereocenters. The maximum absolute atomic E-state index is 13.7. The van der Waals surface area contributed by atoms with Crippen molar-refractivity contribution < 1.29 is 19.0 Å². The molecule has 3 heterocycles. The van der Waals surface area contributed by atoms with Crippen molar-refractivity contribution in [2.45, 2.75) is 19.6 Å². The first kappa shape index (κ1) is 25.2. The lowest BCUT2D eigenvalue weighted by Crippen LogP contribution is -2.39. The molecule has 2 aromatic heterocycles. The second kappa shape index (κ2) is 10.9. The minimum atomic E-state index is -0.638. The number of carbonyl (C=O) groups is 1. The van der Waals surface area contributed by atoms with Crippen LogP contribution in [0.3, 0.4) is 0 Å². The molecule has 0 saturated carbocycles. The topological polar surface area (TPSA) is 92.0 Å². The molecule has 4 aromatic rings. The number of carbonyl (C=O) groups excluding carboxylic acids is 1. The number of hydrogen-bond donors (Lipinski definition) is 0. The quantitative estimate of drug-likeness (QED) is 0.342. The number of rotatable bonds is 7. The van der Waals surface area contributed by atoms with E-state index in [9.17, 15) is 9.59 Å². The predicted octanol–water partition coefficient (Wildman–Crippen LogP) is 3.39. The smallest absolute Gasteiger partial charge is 0.338 e. The van der Waals surface area contributed by atoms with Crippen LogP contribution in [0, 0.1) is 0 Å². The molecule has 0 amide bonds. The van der Waals surface area contributed by atoms with Crippen LogP contribution in [-0.4, -0.2) is 29.7 Å². The first-order valence-corrected chi connectivity index (χ1v) is 12.7. The fourth-order valence-electron chi connectivity index (χ4n) is 4.33. The second-order valence-electron chi connectivity index (χ2n) is 8.54. The summed E-state index contributed by atoms with van der Waals surface area (Å²) < 4.78 is 18.6. The number of aromatic nitrogens is 2. The molecule has 38 heavy (non-hydrogen) atoms. The third-order valence-electron chi connectivity index (χ3n) is 6.17. The predicted molar refractivity (Wildman–Crippen MR) is 144 cm³/mol. The lowest BCUT2D eigenvalue weighted by atomic mass is 9.96. The van der Waals surface area contributed by atoms with Gasteiger partial charge in [-0.15, -0.1) is 0 Å². The van der Waals surface area contributed by atoms with Crippen molar-refractivity contribution in [2.75, 3.05) is 14.2 Å². The molecule has 0 aliphatic carbocycles. The van der Waals surface area contributed by atoms with E-state index in [0.717, 1.165) is 16.7 Å². The Balaban J connectivity index is 1.55. The first-order chi connectivity index (χ1) is 18.5. The maximum atomic E-state index is 13.7. The molecule has 0 radical (unpaired) electrons. The minimum Gasteiger partial charge on any atom is -0.493 e. The summed E-state index contributed by atoms with van der Waals surface area (Å²) in [6, 6.07) is 18.0. The van der Waals surface area contributed by atoms with Crippen LogP contribution >= 0.6 is 11.3 Å². The summed E-state index contributed by atoms with van der Waals surface area (Å²) in [5.74, 6) is 0.624. The number of pyridine rings is 1. The van der Waals surface area contributed by atoms with Crippen molar-refractivity contribution in [1.82, 2.24) is 9.55 Å². The third-order valence-corrected chi connectivity index (χ3v) is 7.15. The van der Waals surface area contributed by atoms with Crippen LogP contribution in [0.1, 0.15) is 29.7 Å². The van der Waals surface area contributed by atoms with Gasteiger partial charge in [-0.05, 0) is 54.0 Å². The highest BCUT2D eigenvalue weighted by molar-refractivity contribution is 7.07. The lowest BCUT2D eigenvalue weighted by molar-refractivity contribution is -0.136. The largest absolute Gasteiger partial charge is 0.493 e. The standard InChI is InChI=1S/C29H25N3O5S/c1-18-25(28(34)36-3)26(21-7-5-4-6-8-21)32-27(33)24(38-29(32)31-18)16-20-9-10-22(23(15-20)35-2)37-17-19-11-13-30-14-12-19/h4-16,26H,17H2,1-3H3. The molecule has 0 N–H and O–H groups in total. The summed E-state index contributed by atoms with van der Waals surface area (Å²) >= 11 is 1.27. The van der Waals surface area contributed by atoms with Gasteiger partial charge in [-0.2, -0.15) is 0 Å². The van der Waals surface area contributed by atoms with Crippen molar-refractivity contribution in [3.63, 3.8) is 0 Å². The number of benzene rings is 2. The summed E-state index contributed by atoms with van der Waals surface area (Å²) in [4.78, 5) is 35.6. The molecular formula is C29H25N3O5S. The zero-order valence-electron chi connectivity index (χ0n) is 21.1. The van der Waals surface area contributed by atoms with Crippen molar-refractivity contribution in [1.29, 1.82) is 0 Å². The van der Waals surface area contributed by atoms with E-state index in [-0.39, 0.29) is 5.56 Å². The maximum Gasteiger partial charge on any atom is 0.338 e. The summed E-state index contributed by atoms with van der Waals surface area (Å²) in [5.41, 5.74) is 3.18. The number of hydrogen-bond acceptors (Lipinski definition) is 8. The summed E-state index contributed by atoms with van der Waals surface area (Å²) in [5, 5.41) is 0. The molecule has 0 spiro atoms. The molecule has 2 aromatic carbocycles. The van der Waals surface area contributed by atoms with Gasteiger partial charge < -0.3 is 14.2 Å². The highest BCUT2D eigenvalue weighted by atomic mass is 32.1. The highest BCUT2D eigenvalue weighted by Crippen LogP contribution is 2.31. The van der Waals surface area contributed by atoms with Crippen molar-refractivity contribution in [2.24, 2.45) is 4.99 Å². The number of fused-ring (bicyclic) bond motifs is 1. The van der Waals surface area contributed by atoms with Crippen LogP contribution in [0.4, 0.5) is 0 Å². The lowest BCUT2D eigenvalue weighted by Gasteiger charge is -2.24. The average Bonchev–Trinajstić information content (AvgIpc) is 3.25. The Kier molecular flexibility index (Phi) is 7.19. The molecular weight excluding hydrogens is 502 g/mol. The summed E-state index contributed by atoms with van der Waals surface area (Å²) in [6.45, 7) is 2.13. The Morgan fingerprint density at radius 1 is 1.05 bits per heavy atom. The van der Waals surface area contributed by atoms with Gasteiger partial charge in [-0.3, -0.25) is 14.3 Å². The number of ether oxygens (including phenoxy) is 3. The summed E-state index contributed by atoms with van der Waals surface area (Å²) in [7, 11) is 2.90. The fraction of sp³-hybridized carbons (Fsp3) is 0.172. The Hall–Kier alpha value is -4.50. The molecule has 1 unspecified atom stereocenters. The Morgan fingerprint density at radius 3 is 2.53 bits per heavy atom. The van der Waals surface area contributed by atoms with Gasteiger partial charge in [0, 0.05) is 12.4 Å². The van der Waals surface area contributed by atoms with Gasteiger partial charge in [-0.25, -0.2) is 9.79 Å². The Bertz CT molecular complexity index is 1690. The van der Waals surface area contributed by atoms with Crippen molar-refractivity contribution >= 4 is 23.4 Å². The van der Waals surface area contributed by atoms with E-state index in [1.54, 1.807) is 37.1 Å². The monoisotopic (exact) mass is 527 g/mol. The average molecular weight is 528 g/mol. The number of methoxy groups -OCH3 is 2. The number of esters is 1. The molecule has 1 aliphatic rings. The SMILES string of the molecule is COC(=O)C1=C(C)N=c2sc(=Cc3ccc(OCc4ccncc4)c(OC)c3)c(=O)n2C1c1ccccc1. The van der Waals surface area contributed by atoms with Crippen LogP contribution in [0.5, 0.6) is 11.5 Å². The van der Waals surface area contributed by atoms with Crippen LogP contribution in [-0.2, 0) is 16.1 Å². The van der Waals surface area contributed by atoms with Gasteiger partial charge in [0.25, 0.3) is 5.56 Å². The van der Waals surface area contributed by atoms with Crippen LogP contribution in [0.25, 0.3) is 6.08 Å². The van der Waals surface area contributed by atoms with E-state index in [1.165, 1.54) is 18.4 Å². The van der Waals surface area contributed by atoms with Gasteiger partial charge in [0.05, 0.1) is 36.1 Å². The number of allylic oxidation sites excluding steroid dienone is 1. The number of nitrogens with zero attached hydrogens (tertiary/aromatic N) is 3. The van der Waals surface area contributed by atoms with E-state index < -0.39 is 12.0 Å². The van der Waals surface area contributed by atoms with E-state index in [4.69, 9.17) is 14.2 Å². The van der Waals surface area contributed by atoms with Crippen molar-refractivity contribution in [3.05, 3.63) is 121 Å². The Labute approximate surface area is 222 Å². The number of thiazole rings is 1.